The average Bonchev–Trinajstić information content (AvgIpc) is 2.90. The summed E-state index contributed by atoms with van der Waals surface area (Å²) >= 11 is 0. The van der Waals surface area contributed by atoms with E-state index in [0.717, 1.165) is 10.9 Å². The van der Waals surface area contributed by atoms with Crippen LogP contribution in [0.15, 0.2) is 27.4 Å². The van der Waals surface area contributed by atoms with Crippen molar-refractivity contribution < 1.29 is 13.9 Å². The van der Waals surface area contributed by atoms with E-state index in [1.165, 1.54) is 6.07 Å². The Kier molecular flexibility index (Phi) is 3.50. The molecule has 1 aromatic heterocycles. The van der Waals surface area contributed by atoms with Crippen LogP contribution in [0.1, 0.15) is 12.0 Å². The molecule has 2 heterocycles. The molecule has 0 bridgehead atoms. The largest absolute Gasteiger partial charge is 0.454 e. The molecular weight excluding hydrogens is 272 g/mol. The third-order valence-electron chi connectivity index (χ3n) is 3.37. The van der Waals surface area contributed by atoms with Gasteiger partial charge in [0.15, 0.2) is 11.5 Å². The Morgan fingerprint density at radius 2 is 2.05 bits per heavy atom. The Hall–Kier alpha value is -2.52. The van der Waals surface area contributed by atoms with Gasteiger partial charge < -0.3 is 18.8 Å². The summed E-state index contributed by atoms with van der Waals surface area (Å²) in [7, 11) is 1.91. The minimum absolute atomic E-state index is 0.174. The van der Waals surface area contributed by atoms with Crippen molar-refractivity contribution in [2.45, 2.75) is 13.0 Å². The van der Waals surface area contributed by atoms with Crippen molar-refractivity contribution in [3.05, 3.63) is 34.2 Å². The van der Waals surface area contributed by atoms with Crippen molar-refractivity contribution in [1.82, 2.24) is 4.90 Å². The first-order valence-corrected chi connectivity index (χ1v) is 6.59. The van der Waals surface area contributed by atoms with E-state index in [1.807, 2.05) is 18.0 Å². The first kappa shape index (κ1) is 13.5. The highest BCUT2D eigenvalue weighted by molar-refractivity contribution is 5.84. The Morgan fingerprint density at radius 3 is 2.81 bits per heavy atom. The van der Waals surface area contributed by atoms with Gasteiger partial charge in [0.1, 0.15) is 5.58 Å². The van der Waals surface area contributed by atoms with E-state index in [0.29, 0.717) is 36.6 Å². The van der Waals surface area contributed by atoms with Crippen LogP contribution >= 0.6 is 0 Å². The number of ether oxygens (including phenoxy) is 2. The number of fused-ring (bicyclic) bond motifs is 2. The molecule has 3 rings (SSSR count). The highest BCUT2D eigenvalue weighted by Gasteiger charge is 2.17. The second-order valence-electron chi connectivity index (χ2n) is 4.94. The molecule has 6 nitrogen and oxygen atoms in total. The second-order valence-corrected chi connectivity index (χ2v) is 4.94. The van der Waals surface area contributed by atoms with Gasteiger partial charge in [0.2, 0.25) is 6.79 Å². The van der Waals surface area contributed by atoms with Crippen molar-refractivity contribution in [2.75, 3.05) is 20.4 Å². The van der Waals surface area contributed by atoms with Gasteiger partial charge in [-0.3, -0.25) is 0 Å². The van der Waals surface area contributed by atoms with E-state index in [9.17, 15) is 4.79 Å². The molecule has 0 unspecified atom stereocenters. The Morgan fingerprint density at radius 1 is 1.29 bits per heavy atom. The maximum absolute atomic E-state index is 11.7. The van der Waals surface area contributed by atoms with Gasteiger partial charge in [-0.15, -0.1) is 0 Å². The van der Waals surface area contributed by atoms with Crippen molar-refractivity contribution in [3.8, 4) is 17.6 Å². The number of hydrogen-bond donors (Lipinski definition) is 0. The highest BCUT2D eigenvalue weighted by atomic mass is 16.7. The first-order valence-electron chi connectivity index (χ1n) is 6.59. The lowest BCUT2D eigenvalue weighted by Crippen LogP contribution is -2.19. The SMILES string of the molecule is CN(CCC#N)Cc1cc(=O)oc2cc3c(cc12)OCO3. The predicted octanol–water partition coefficient (Wildman–Crippen LogP) is 1.87. The smallest absolute Gasteiger partial charge is 0.336 e. The maximum atomic E-state index is 11.7. The van der Waals surface area contributed by atoms with Gasteiger partial charge in [-0.05, 0) is 18.7 Å². The fraction of sp³-hybridized carbons (Fsp3) is 0.333. The Labute approximate surface area is 121 Å². The van der Waals surface area contributed by atoms with E-state index in [1.54, 1.807) is 6.07 Å². The van der Waals surface area contributed by atoms with Crippen molar-refractivity contribution in [3.63, 3.8) is 0 Å². The highest BCUT2D eigenvalue weighted by Crippen LogP contribution is 2.36. The molecule has 21 heavy (non-hydrogen) atoms. The molecule has 0 radical (unpaired) electrons. The lowest BCUT2D eigenvalue weighted by Gasteiger charge is -2.15. The molecule has 0 saturated heterocycles. The van der Waals surface area contributed by atoms with Crippen molar-refractivity contribution in [1.29, 1.82) is 5.26 Å². The molecule has 0 fully saturated rings. The Bertz CT molecular complexity index is 776. The monoisotopic (exact) mass is 286 g/mol. The summed E-state index contributed by atoms with van der Waals surface area (Å²) in [6.45, 7) is 1.37. The summed E-state index contributed by atoms with van der Waals surface area (Å²) < 4.78 is 15.9. The molecule has 0 aliphatic carbocycles. The molecule has 0 N–H and O–H groups in total. The van der Waals surface area contributed by atoms with Crippen LogP contribution in [0.3, 0.4) is 0 Å². The molecule has 2 aromatic rings. The normalized spacial score (nSPS) is 12.8. The third-order valence-corrected chi connectivity index (χ3v) is 3.37. The fourth-order valence-electron chi connectivity index (χ4n) is 2.36. The topological polar surface area (TPSA) is 75.7 Å². The summed E-state index contributed by atoms with van der Waals surface area (Å²) in [6.07, 6.45) is 0.447. The summed E-state index contributed by atoms with van der Waals surface area (Å²) in [5, 5.41) is 9.45. The zero-order valence-corrected chi connectivity index (χ0v) is 11.6. The summed E-state index contributed by atoms with van der Waals surface area (Å²) in [4.78, 5) is 13.7. The number of nitrogens with zero attached hydrogens (tertiary/aromatic N) is 2. The number of rotatable bonds is 4. The van der Waals surface area contributed by atoms with Crippen LogP contribution in [0.25, 0.3) is 11.0 Å². The first-order chi connectivity index (χ1) is 10.2. The molecule has 6 heteroatoms. The maximum Gasteiger partial charge on any atom is 0.336 e. The van der Waals surface area contributed by atoms with Crippen LogP contribution in [0.5, 0.6) is 11.5 Å². The fourth-order valence-corrected chi connectivity index (χ4v) is 2.36. The molecule has 108 valence electrons. The molecule has 0 spiro atoms. The van der Waals surface area contributed by atoms with Gasteiger partial charge in [0, 0.05) is 37.0 Å². The van der Waals surface area contributed by atoms with E-state index >= 15 is 0 Å². The van der Waals surface area contributed by atoms with Gasteiger partial charge in [-0.2, -0.15) is 5.26 Å². The summed E-state index contributed by atoms with van der Waals surface area (Å²) in [5.74, 6) is 1.23. The van der Waals surface area contributed by atoms with E-state index in [4.69, 9.17) is 19.2 Å². The minimum Gasteiger partial charge on any atom is -0.454 e. The van der Waals surface area contributed by atoms with E-state index < -0.39 is 5.63 Å². The van der Waals surface area contributed by atoms with Crippen molar-refractivity contribution >= 4 is 11.0 Å². The predicted molar refractivity (Wildman–Crippen MR) is 75.2 cm³/mol. The zero-order chi connectivity index (χ0) is 14.8. The number of hydrogen-bond acceptors (Lipinski definition) is 6. The molecular formula is C15H14N2O4. The van der Waals surface area contributed by atoms with Crippen LogP contribution in [0.2, 0.25) is 0 Å². The Balaban J connectivity index is 2.01. The lowest BCUT2D eigenvalue weighted by molar-refractivity contribution is 0.174. The van der Waals surface area contributed by atoms with Crippen LogP contribution in [0, 0.1) is 11.3 Å². The zero-order valence-electron chi connectivity index (χ0n) is 11.6. The molecule has 1 aliphatic heterocycles. The quantitative estimate of drug-likeness (QED) is 0.799. The van der Waals surface area contributed by atoms with Gasteiger partial charge in [0.25, 0.3) is 0 Å². The molecule has 1 aliphatic rings. The minimum atomic E-state index is -0.398. The summed E-state index contributed by atoms with van der Waals surface area (Å²) in [5.41, 5.74) is 0.931. The molecule has 0 saturated carbocycles. The summed E-state index contributed by atoms with van der Waals surface area (Å²) in [6, 6.07) is 7.09. The van der Waals surface area contributed by atoms with Gasteiger partial charge >= 0.3 is 5.63 Å². The van der Waals surface area contributed by atoms with Gasteiger partial charge in [0.05, 0.1) is 6.07 Å². The van der Waals surface area contributed by atoms with Crippen LogP contribution in [0.4, 0.5) is 0 Å². The molecule has 1 aromatic carbocycles. The van der Waals surface area contributed by atoms with Gasteiger partial charge in [-0.25, -0.2) is 4.79 Å². The molecule has 0 amide bonds. The van der Waals surface area contributed by atoms with E-state index in [2.05, 4.69) is 6.07 Å². The molecule has 0 atom stereocenters. The van der Waals surface area contributed by atoms with Crippen LogP contribution < -0.4 is 15.1 Å². The average molecular weight is 286 g/mol. The number of benzene rings is 1. The van der Waals surface area contributed by atoms with Gasteiger partial charge in [-0.1, -0.05) is 0 Å². The third kappa shape index (κ3) is 2.69. The van der Waals surface area contributed by atoms with Crippen molar-refractivity contribution in [2.24, 2.45) is 0 Å². The van der Waals surface area contributed by atoms with E-state index in [-0.39, 0.29) is 6.79 Å². The number of nitriles is 1. The van der Waals surface area contributed by atoms with Crippen LogP contribution in [-0.4, -0.2) is 25.3 Å². The lowest BCUT2D eigenvalue weighted by atomic mass is 10.1. The second kappa shape index (κ2) is 5.46. The standard InChI is InChI=1S/C15H14N2O4/c1-17(4-2-3-16)8-10-5-15(18)21-12-7-14-13(6-11(10)12)19-9-20-14/h5-7H,2,4,8-9H2,1H3. The van der Waals surface area contributed by atoms with Crippen LogP contribution in [-0.2, 0) is 6.54 Å².